The van der Waals surface area contributed by atoms with Crippen LogP contribution in [0.5, 0.6) is 0 Å². The maximum absolute atomic E-state index is 13.9. The highest BCUT2D eigenvalue weighted by atomic mass is 35.5. The summed E-state index contributed by atoms with van der Waals surface area (Å²) in [6.45, 7) is 3.10. The number of carbonyl (C=O) groups excluding carboxylic acids is 1. The summed E-state index contributed by atoms with van der Waals surface area (Å²) in [5.41, 5.74) is 3.37. The van der Waals surface area contributed by atoms with Crippen molar-refractivity contribution in [1.82, 2.24) is 4.98 Å². The second-order valence-corrected chi connectivity index (χ2v) is 7.92. The van der Waals surface area contributed by atoms with Gasteiger partial charge >= 0.3 is 0 Å². The molecular formula is C23H20ClFN4O. The van der Waals surface area contributed by atoms with Crippen LogP contribution in [-0.2, 0) is 4.79 Å². The number of nitrogens with one attached hydrogen (secondary N) is 1. The molecule has 0 unspecified atom stereocenters. The van der Waals surface area contributed by atoms with Crippen molar-refractivity contribution in [3.05, 3.63) is 64.6 Å². The van der Waals surface area contributed by atoms with Crippen molar-refractivity contribution < 1.29 is 9.18 Å². The number of halogens is 2. The molecule has 1 N–H and O–H groups in total. The number of pyridine rings is 1. The number of nitriles is 1. The summed E-state index contributed by atoms with van der Waals surface area (Å²) in [6, 6.07) is 12.0. The van der Waals surface area contributed by atoms with Crippen LogP contribution in [0, 0.1) is 30.0 Å². The van der Waals surface area contributed by atoms with Crippen LogP contribution in [-0.4, -0.2) is 24.0 Å². The van der Waals surface area contributed by atoms with Crippen LogP contribution in [0.3, 0.4) is 0 Å². The lowest BCUT2D eigenvalue weighted by atomic mass is 9.94. The monoisotopic (exact) mass is 422 g/mol. The number of aryl methyl sites for hydroxylation is 1. The number of rotatable bonds is 3. The van der Waals surface area contributed by atoms with E-state index in [-0.39, 0.29) is 17.6 Å². The van der Waals surface area contributed by atoms with Crippen molar-refractivity contribution in [2.24, 2.45) is 5.92 Å². The number of benzene rings is 2. The average Bonchev–Trinajstić information content (AvgIpc) is 2.75. The van der Waals surface area contributed by atoms with Gasteiger partial charge < -0.3 is 10.2 Å². The molecule has 1 aliphatic heterocycles. The van der Waals surface area contributed by atoms with Gasteiger partial charge in [0.2, 0.25) is 5.91 Å². The largest absolute Gasteiger partial charge is 0.370 e. The fourth-order valence-corrected chi connectivity index (χ4v) is 4.03. The predicted octanol–water partition coefficient (Wildman–Crippen LogP) is 5.06. The molecular weight excluding hydrogens is 403 g/mol. The molecule has 2 heterocycles. The van der Waals surface area contributed by atoms with Gasteiger partial charge in [-0.3, -0.25) is 9.78 Å². The Kier molecular flexibility index (Phi) is 5.56. The zero-order valence-corrected chi connectivity index (χ0v) is 17.2. The lowest BCUT2D eigenvalue weighted by molar-refractivity contribution is -0.120. The Bertz CT molecular complexity index is 1170. The smallest absolute Gasteiger partial charge is 0.227 e. The van der Waals surface area contributed by atoms with Crippen LogP contribution in [0.1, 0.15) is 24.0 Å². The van der Waals surface area contributed by atoms with Gasteiger partial charge in [0.05, 0.1) is 16.8 Å². The molecule has 0 saturated carbocycles. The van der Waals surface area contributed by atoms with Crippen molar-refractivity contribution in [3.8, 4) is 6.07 Å². The van der Waals surface area contributed by atoms with Crippen LogP contribution >= 0.6 is 11.6 Å². The topological polar surface area (TPSA) is 69.0 Å². The summed E-state index contributed by atoms with van der Waals surface area (Å²) in [5.74, 6) is -0.552. The maximum atomic E-state index is 13.9. The van der Waals surface area contributed by atoms with Crippen LogP contribution in [0.15, 0.2) is 42.6 Å². The van der Waals surface area contributed by atoms with Gasteiger partial charge in [-0.1, -0.05) is 17.7 Å². The Labute approximate surface area is 179 Å². The van der Waals surface area contributed by atoms with Crippen molar-refractivity contribution in [2.45, 2.75) is 19.8 Å². The van der Waals surface area contributed by atoms with Gasteiger partial charge in [0.15, 0.2) is 0 Å². The summed E-state index contributed by atoms with van der Waals surface area (Å²) < 4.78 is 13.9. The summed E-state index contributed by atoms with van der Waals surface area (Å²) in [6.07, 6.45) is 2.79. The zero-order valence-electron chi connectivity index (χ0n) is 16.5. The van der Waals surface area contributed by atoms with Crippen LogP contribution < -0.4 is 10.2 Å². The third-order valence-corrected chi connectivity index (χ3v) is 5.95. The molecule has 0 atom stereocenters. The van der Waals surface area contributed by atoms with Gasteiger partial charge in [-0.2, -0.15) is 5.26 Å². The van der Waals surface area contributed by atoms with E-state index >= 15 is 0 Å². The van der Waals surface area contributed by atoms with Crippen LogP contribution in [0.4, 0.5) is 15.8 Å². The fraction of sp³-hybridized carbons (Fsp3) is 0.261. The molecule has 0 radical (unpaired) electrons. The molecule has 1 amide bonds. The summed E-state index contributed by atoms with van der Waals surface area (Å²) >= 11 is 6.14. The van der Waals surface area contributed by atoms with E-state index in [0.717, 1.165) is 5.56 Å². The molecule has 1 aromatic heterocycles. The van der Waals surface area contributed by atoms with E-state index in [0.29, 0.717) is 58.8 Å². The Balaban J connectivity index is 1.51. The van der Waals surface area contributed by atoms with E-state index in [1.165, 1.54) is 18.3 Å². The molecule has 1 saturated heterocycles. The van der Waals surface area contributed by atoms with Gasteiger partial charge in [-0.25, -0.2) is 4.39 Å². The summed E-state index contributed by atoms with van der Waals surface area (Å²) in [4.78, 5) is 19.0. The van der Waals surface area contributed by atoms with Gasteiger partial charge in [0.25, 0.3) is 0 Å². The molecule has 0 bridgehead atoms. The molecule has 4 rings (SSSR count). The van der Waals surface area contributed by atoms with Crippen molar-refractivity contribution in [3.63, 3.8) is 0 Å². The number of fused-ring (bicyclic) bond motifs is 1. The highest BCUT2D eigenvalue weighted by Crippen LogP contribution is 2.33. The van der Waals surface area contributed by atoms with E-state index in [1.54, 1.807) is 12.1 Å². The highest BCUT2D eigenvalue weighted by Gasteiger charge is 2.27. The van der Waals surface area contributed by atoms with Crippen LogP contribution in [0.2, 0.25) is 5.02 Å². The first-order valence-electron chi connectivity index (χ1n) is 9.76. The number of hydrogen-bond donors (Lipinski definition) is 1. The second kappa shape index (κ2) is 8.29. The molecule has 1 aliphatic rings. The minimum absolute atomic E-state index is 0.0410. The van der Waals surface area contributed by atoms with Gasteiger partial charge in [-0.05, 0) is 55.7 Å². The first-order chi connectivity index (χ1) is 14.5. The Morgan fingerprint density at radius 1 is 1.27 bits per heavy atom. The Morgan fingerprint density at radius 2 is 2.03 bits per heavy atom. The summed E-state index contributed by atoms with van der Waals surface area (Å²) in [5, 5.41) is 13.7. The standard InChI is InChI=1S/C23H20ClFN4O/c1-14-2-4-18(11-20(14)24)28-23(30)15-6-8-29(9-7-15)22-16(12-26)13-27-21-5-3-17(25)10-19(21)22/h2-5,10-11,13,15H,6-9H2,1H3,(H,28,30). The number of nitrogens with zero attached hydrogens (tertiary/aromatic N) is 3. The normalized spacial score (nSPS) is 14.5. The summed E-state index contributed by atoms with van der Waals surface area (Å²) in [7, 11) is 0. The minimum atomic E-state index is -0.369. The molecule has 1 fully saturated rings. The number of anilines is 2. The maximum Gasteiger partial charge on any atom is 0.227 e. The van der Waals surface area contributed by atoms with E-state index in [9.17, 15) is 14.4 Å². The van der Waals surface area contributed by atoms with E-state index in [2.05, 4.69) is 21.3 Å². The third kappa shape index (κ3) is 3.94. The van der Waals surface area contributed by atoms with Crippen molar-refractivity contribution in [1.29, 1.82) is 5.26 Å². The van der Waals surface area contributed by atoms with E-state index in [4.69, 9.17) is 11.6 Å². The molecule has 5 nitrogen and oxygen atoms in total. The third-order valence-electron chi connectivity index (χ3n) is 5.54. The predicted molar refractivity (Wildman–Crippen MR) is 116 cm³/mol. The number of piperidine rings is 1. The first kappa shape index (κ1) is 20.1. The minimum Gasteiger partial charge on any atom is -0.370 e. The van der Waals surface area contributed by atoms with E-state index in [1.807, 2.05) is 19.1 Å². The van der Waals surface area contributed by atoms with Gasteiger partial charge in [-0.15, -0.1) is 0 Å². The molecule has 152 valence electrons. The average molecular weight is 423 g/mol. The number of amides is 1. The SMILES string of the molecule is Cc1ccc(NC(=O)C2CCN(c3c(C#N)cnc4ccc(F)cc34)CC2)cc1Cl. The molecule has 0 spiro atoms. The molecule has 2 aromatic carbocycles. The van der Waals surface area contributed by atoms with Gasteiger partial charge in [0, 0.05) is 41.3 Å². The fourth-order valence-electron chi connectivity index (χ4n) is 3.85. The molecule has 30 heavy (non-hydrogen) atoms. The lowest BCUT2D eigenvalue weighted by Gasteiger charge is -2.34. The Morgan fingerprint density at radius 3 is 2.73 bits per heavy atom. The molecule has 7 heteroatoms. The Hall–Kier alpha value is -3.17. The van der Waals surface area contributed by atoms with E-state index < -0.39 is 0 Å². The number of hydrogen-bond acceptors (Lipinski definition) is 4. The quantitative estimate of drug-likeness (QED) is 0.640. The van der Waals surface area contributed by atoms with Gasteiger partial charge in [0.1, 0.15) is 11.9 Å². The molecule has 0 aliphatic carbocycles. The van der Waals surface area contributed by atoms with Crippen LogP contribution in [0.25, 0.3) is 10.9 Å². The highest BCUT2D eigenvalue weighted by molar-refractivity contribution is 6.31. The van der Waals surface area contributed by atoms with Crippen molar-refractivity contribution >= 4 is 39.8 Å². The zero-order chi connectivity index (χ0) is 21.3. The lowest BCUT2D eigenvalue weighted by Crippen LogP contribution is -2.38. The number of carbonyl (C=O) groups is 1. The number of aromatic nitrogens is 1. The second-order valence-electron chi connectivity index (χ2n) is 7.51. The first-order valence-corrected chi connectivity index (χ1v) is 10.1. The van der Waals surface area contributed by atoms with Crippen molar-refractivity contribution in [2.75, 3.05) is 23.3 Å². The molecule has 3 aromatic rings.